The molecule has 0 bridgehead atoms. The zero-order valence-electron chi connectivity index (χ0n) is 9.68. The van der Waals surface area contributed by atoms with Crippen LogP contribution in [-0.4, -0.2) is 15.1 Å². The zero-order chi connectivity index (χ0) is 12.5. The van der Waals surface area contributed by atoms with Crippen LogP contribution in [0.5, 0.6) is 0 Å². The van der Waals surface area contributed by atoms with Crippen molar-refractivity contribution >= 4 is 0 Å². The summed E-state index contributed by atoms with van der Waals surface area (Å²) >= 11 is 0. The van der Waals surface area contributed by atoms with E-state index in [0.717, 1.165) is 5.56 Å². The van der Waals surface area contributed by atoms with Crippen molar-refractivity contribution in [2.45, 2.75) is 19.4 Å². The minimum Gasteiger partial charge on any atom is -0.382 e. The fourth-order valence-corrected chi connectivity index (χ4v) is 1.43. The van der Waals surface area contributed by atoms with E-state index >= 15 is 0 Å². The predicted octanol–water partition coefficient (Wildman–Crippen LogP) is 2.51. The number of aliphatic hydroxyl groups is 1. The molecule has 0 aliphatic carbocycles. The summed E-state index contributed by atoms with van der Waals surface area (Å²) in [6.45, 7) is 3.24. The molecule has 3 nitrogen and oxygen atoms in total. The molecule has 0 atom stereocenters. The fraction of sp³-hybridized carbons (Fsp3) is 0.231. The summed E-state index contributed by atoms with van der Waals surface area (Å²) in [7, 11) is 0. The van der Waals surface area contributed by atoms with Gasteiger partial charge in [0.2, 0.25) is 0 Å². The molecule has 0 amide bonds. The highest BCUT2D eigenvalue weighted by atomic mass is 19.1. The van der Waals surface area contributed by atoms with Gasteiger partial charge in [0.15, 0.2) is 5.82 Å². The number of hydrogen-bond acceptors (Lipinski definition) is 3. The molecule has 2 aromatic rings. The molecule has 0 spiro atoms. The van der Waals surface area contributed by atoms with E-state index in [9.17, 15) is 9.50 Å². The number of nitrogens with zero attached hydrogens (tertiary/aromatic N) is 2. The van der Waals surface area contributed by atoms with Gasteiger partial charge in [0.05, 0.1) is 5.69 Å². The molecular weight excluding hydrogens is 219 g/mol. The average molecular weight is 232 g/mol. The molecule has 2 rings (SSSR count). The Morgan fingerprint density at radius 1 is 1.12 bits per heavy atom. The summed E-state index contributed by atoms with van der Waals surface area (Å²) in [5, 5.41) is 9.82. The van der Waals surface area contributed by atoms with E-state index < -0.39 is 5.60 Å². The highest BCUT2D eigenvalue weighted by Crippen LogP contribution is 2.20. The molecule has 17 heavy (non-hydrogen) atoms. The van der Waals surface area contributed by atoms with Crippen LogP contribution < -0.4 is 0 Å². The molecule has 1 heterocycles. The summed E-state index contributed by atoms with van der Waals surface area (Å²) in [5.74, 6) is 0.0600. The number of aromatic nitrogens is 2. The van der Waals surface area contributed by atoms with Crippen molar-refractivity contribution in [3.63, 3.8) is 0 Å². The molecular formula is C13H13FN2O. The first-order chi connectivity index (χ1) is 7.97. The van der Waals surface area contributed by atoms with Gasteiger partial charge in [-0.15, -0.1) is 0 Å². The Morgan fingerprint density at radius 2 is 1.76 bits per heavy atom. The minimum absolute atomic E-state index is 0.287. The topological polar surface area (TPSA) is 46.0 Å². The number of halogens is 1. The van der Waals surface area contributed by atoms with Crippen LogP contribution in [0.1, 0.15) is 19.7 Å². The molecule has 0 saturated heterocycles. The molecule has 0 aliphatic rings. The predicted molar refractivity (Wildman–Crippen MR) is 62.7 cm³/mol. The SMILES string of the molecule is CC(C)(O)c1nccc(-c2ccc(F)cc2)n1. The van der Waals surface area contributed by atoms with Crippen LogP contribution in [0.15, 0.2) is 36.5 Å². The second-order valence-corrected chi connectivity index (χ2v) is 4.33. The summed E-state index contributed by atoms with van der Waals surface area (Å²) in [6.07, 6.45) is 1.58. The third kappa shape index (κ3) is 2.65. The summed E-state index contributed by atoms with van der Waals surface area (Å²) in [6, 6.07) is 7.77. The maximum Gasteiger partial charge on any atom is 0.159 e. The zero-order valence-corrected chi connectivity index (χ0v) is 9.68. The summed E-state index contributed by atoms with van der Waals surface area (Å²) in [5.41, 5.74) is 0.368. The van der Waals surface area contributed by atoms with E-state index in [1.807, 2.05) is 0 Å². The first-order valence-corrected chi connectivity index (χ1v) is 5.28. The maximum atomic E-state index is 12.8. The molecule has 4 heteroatoms. The lowest BCUT2D eigenvalue weighted by Crippen LogP contribution is -2.19. The first-order valence-electron chi connectivity index (χ1n) is 5.28. The number of hydrogen-bond donors (Lipinski definition) is 1. The van der Waals surface area contributed by atoms with Crippen LogP contribution in [0, 0.1) is 5.82 Å². The Bertz CT molecular complexity index is 518. The molecule has 0 radical (unpaired) electrons. The Balaban J connectivity index is 2.43. The van der Waals surface area contributed by atoms with Crippen molar-refractivity contribution in [3.8, 4) is 11.3 Å². The lowest BCUT2D eigenvalue weighted by molar-refractivity contribution is 0.0688. The van der Waals surface area contributed by atoms with Gasteiger partial charge in [-0.2, -0.15) is 0 Å². The molecule has 0 saturated carbocycles. The van der Waals surface area contributed by atoms with Crippen LogP contribution in [0.3, 0.4) is 0 Å². The van der Waals surface area contributed by atoms with E-state index in [2.05, 4.69) is 9.97 Å². The highest BCUT2D eigenvalue weighted by Gasteiger charge is 2.19. The van der Waals surface area contributed by atoms with Gasteiger partial charge in [0.1, 0.15) is 11.4 Å². The van der Waals surface area contributed by atoms with E-state index in [-0.39, 0.29) is 5.82 Å². The second-order valence-electron chi connectivity index (χ2n) is 4.33. The van der Waals surface area contributed by atoms with Crippen LogP contribution in [-0.2, 0) is 5.60 Å². The van der Waals surface area contributed by atoms with Crippen molar-refractivity contribution in [1.82, 2.24) is 9.97 Å². The smallest absolute Gasteiger partial charge is 0.159 e. The van der Waals surface area contributed by atoms with E-state index in [1.54, 1.807) is 38.2 Å². The van der Waals surface area contributed by atoms with Gasteiger partial charge in [-0.1, -0.05) is 0 Å². The van der Waals surface area contributed by atoms with Gasteiger partial charge >= 0.3 is 0 Å². The van der Waals surface area contributed by atoms with Gasteiger partial charge in [0.25, 0.3) is 0 Å². The van der Waals surface area contributed by atoms with Gasteiger partial charge in [-0.05, 0) is 44.2 Å². The van der Waals surface area contributed by atoms with E-state index in [0.29, 0.717) is 11.5 Å². The Labute approximate surface area is 99.0 Å². The molecule has 1 N–H and O–H groups in total. The normalized spacial score (nSPS) is 11.5. The lowest BCUT2D eigenvalue weighted by Gasteiger charge is -2.15. The fourth-order valence-electron chi connectivity index (χ4n) is 1.43. The number of rotatable bonds is 2. The van der Waals surface area contributed by atoms with Crippen LogP contribution in [0.25, 0.3) is 11.3 Å². The van der Waals surface area contributed by atoms with Gasteiger partial charge in [-0.25, -0.2) is 14.4 Å². The molecule has 1 aromatic carbocycles. The molecule has 0 unspecified atom stereocenters. The Morgan fingerprint density at radius 3 is 2.35 bits per heavy atom. The Kier molecular flexibility index (Phi) is 2.90. The maximum absolute atomic E-state index is 12.8. The quantitative estimate of drug-likeness (QED) is 0.865. The first kappa shape index (κ1) is 11.7. The van der Waals surface area contributed by atoms with Crippen LogP contribution >= 0.6 is 0 Å². The average Bonchev–Trinajstić information content (AvgIpc) is 2.29. The third-order valence-corrected chi connectivity index (χ3v) is 2.34. The highest BCUT2D eigenvalue weighted by molar-refractivity contribution is 5.58. The van der Waals surface area contributed by atoms with Crippen LogP contribution in [0.2, 0.25) is 0 Å². The Hall–Kier alpha value is -1.81. The van der Waals surface area contributed by atoms with Crippen LogP contribution in [0.4, 0.5) is 4.39 Å². The van der Waals surface area contributed by atoms with Gasteiger partial charge in [0, 0.05) is 11.8 Å². The second kappa shape index (κ2) is 4.22. The number of benzene rings is 1. The lowest BCUT2D eigenvalue weighted by atomic mass is 10.1. The van der Waals surface area contributed by atoms with Crippen molar-refractivity contribution in [2.24, 2.45) is 0 Å². The summed E-state index contributed by atoms with van der Waals surface area (Å²) < 4.78 is 12.8. The van der Waals surface area contributed by atoms with Gasteiger partial charge in [-0.3, -0.25) is 0 Å². The third-order valence-electron chi connectivity index (χ3n) is 2.34. The van der Waals surface area contributed by atoms with Crippen molar-refractivity contribution < 1.29 is 9.50 Å². The molecule has 0 aliphatic heterocycles. The minimum atomic E-state index is -1.09. The molecule has 0 fully saturated rings. The van der Waals surface area contributed by atoms with E-state index in [4.69, 9.17) is 0 Å². The van der Waals surface area contributed by atoms with E-state index in [1.165, 1.54) is 12.1 Å². The van der Waals surface area contributed by atoms with Gasteiger partial charge < -0.3 is 5.11 Å². The summed E-state index contributed by atoms with van der Waals surface area (Å²) in [4.78, 5) is 8.28. The van der Waals surface area contributed by atoms with Crippen molar-refractivity contribution in [3.05, 3.63) is 48.2 Å². The van der Waals surface area contributed by atoms with Crippen molar-refractivity contribution in [1.29, 1.82) is 0 Å². The molecule has 1 aromatic heterocycles. The monoisotopic (exact) mass is 232 g/mol. The largest absolute Gasteiger partial charge is 0.382 e. The standard InChI is InChI=1S/C13H13FN2O/c1-13(2,17)12-15-8-7-11(16-12)9-3-5-10(14)6-4-9/h3-8,17H,1-2H3. The molecule has 88 valence electrons. The van der Waals surface area contributed by atoms with Crippen molar-refractivity contribution in [2.75, 3.05) is 0 Å².